The van der Waals surface area contributed by atoms with Crippen molar-refractivity contribution in [1.29, 1.82) is 0 Å². The lowest BCUT2D eigenvalue weighted by molar-refractivity contribution is 0.102. The van der Waals surface area contributed by atoms with E-state index in [9.17, 15) is 14.0 Å². The number of nitrogens with one attached hydrogen (secondary N) is 2. The molecule has 1 heterocycles. The Hall–Kier alpha value is -3.61. The first kappa shape index (κ1) is 18.2. The van der Waals surface area contributed by atoms with E-state index in [0.29, 0.717) is 16.9 Å². The number of hydrogen-bond donors (Lipinski definition) is 3. The molecule has 0 atom stereocenters. The van der Waals surface area contributed by atoms with Crippen LogP contribution in [0.4, 0.5) is 20.6 Å². The highest BCUT2D eigenvalue weighted by molar-refractivity contribution is 6.05. The Bertz CT molecular complexity index is 992. The van der Waals surface area contributed by atoms with Crippen LogP contribution in [0.2, 0.25) is 0 Å². The first-order valence-corrected chi connectivity index (χ1v) is 8.28. The van der Waals surface area contributed by atoms with Crippen molar-refractivity contribution in [3.63, 3.8) is 0 Å². The molecule has 0 aliphatic carbocycles. The molecule has 4 N–H and O–H groups in total. The standard InChI is InChI=1S/C20H19FN4O2/c1-12-11-18(13(2)25(12)17-9-3-14(21)4-10-17)19(26)23-15-5-7-16(8-6-15)24-20(22)27/h3-11H,1-2H3,(H,23,26)(H3,22,24,27). The topological polar surface area (TPSA) is 89.2 Å². The van der Waals surface area contributed by atoms with Gasteiger partial charge in [-0.05, 0) is 68.4 Å². The molecule has 27 heavy (non-hydrogen) atoms. The van der Waals surface area contributed by atoms with E-state index < -0.39 is 6.03 Å². The molecule has 3 amide bonds. The van der Waals surface area contributed by atoms with Gasteiger partial charge < -0.3 is 20.9 Å². The van der Waals surface area contributed by atoms with Crippen molar-refractivity contribution in [3.05, 3.63) is 77.4 Å². The summed E-state index contributed by atoms with van der Waals surface area (Å²) in [4.78, 5) is 23.5. The minimum Gasteiger partial charge on any atom is -0.351 e. The van der Waals surface area contributed by atoms with Crippen LogP contribution in [-0.4, -0.2) is 16.5 Å². The van der Waals surface area contributed by atoms with Crippen molar-refractivity contribution < 1.29 is 14.0 Å². The molecule has 0 aliphatic heterocycles. The van der Waals surface area contributed by atoms with E-state index >= 15 is 0 Å². The Balaban J connectivity index is 1.82. The average molecular weight is 366 g/mol. The fraction of sp³-hybridized carbons (Fsp3) is 0.100. The smallest absolute Gasteiger partial charge is 0.316 e. The molecular formula is C20H19FN4O2. The zero-order chi connectivity index (χ0) is 19.6. The number of benzene rings is 2. The van der Waals surface area contributed by atoms with Gasteiger partial charge in [-0.25, -0.2) is 9.18 Å². The van der Waals surface area contributed by atoms with Crippen molar-refractivity contribution in [2.24, 2.45) is 5.73 Å². The largest absolute Gasteiger partial charge is 0.351 e. The molecule has 0 bridgehead atoms. The van der Waals surface area contributed by atoms with Crippen molar-refractivity contribution >= 4 is 23.3 Å². The molecule has 0 saturated heterocycles. The summed E-state index contributed by atoms with van der Waals surface area (Å²) >= 11 is 0. The SMILES string of the molecule is Cc1cc(C(=O)Nc2ccc(NC(N)=O)cc2)c(C)n1-c1ccc(F)cc1. The van der Waals surface area contributed by atoms with Gasteiger partial charge in [0.2, 0.25) is 0 Å². The monoisotopic (exact) mass is 366 g/mol. The number of amides is 3. The predicted molar refractivity (Wildman–Crippen MR) is 103 cm³/mol. The van der Waals surface area contributed by atoms with Crippen LogP contribution >= 0.6 is 0 Å². The van der Waals surface area contributed by atoms with Crippen molar-refractivity contribution in [2.45, 2.75) is 13.8 Å². The van der Waals surface area contributed by atoms with Crippen molar-refractivity contribution in [3.8, 4) is 5.69 Å². The summed E-state index contributed by atoms with van der Waals surface area (Å²) in [7, 11) is 0. The first-order chi connectivity index (χ1) is 12.8. The van der Waals surface area contributed by atoms with Gasteiger partial charge in [-0.3, -0.25) is 4.79 Å². The highest BCUT2D eigenvalue weighted by Gasteiger charge is 2.17. The predicted octanol–water partition coefficient (Wildman–Crippen LogP) is 3.98. The maximum Gasteiger partial charge on any atom is 0.316 e. The summed E-state index contributed by atoms with van der Waals surface area (Å²) in [6, 6.07) is 13.9. The van der Waals surface area contributed by atoms with Gasteiger partial charge >= 0.3 is 6.03 Å². The van der Waals surface area contributed by atoms with E-state index in [1.807, 2.05) is 18.4 Å². The third kappa shape index (κ3) is 3.98. The molecule has 0 saturated carbocycles. The first-order valence-electron chi connectivity index (χ1n) is 8.28. The number of nitrogens with zero attached hydrogens (tertiary/aromatic N) is 1. The van der Waals surface area contributed by atoms with Crippen LogP contribution in [-0.2, 0) is 0 Å². The minimum atomic E-state index is -0.653. The second-order valence-electron chi connectivity index (χ2n) is 6.12. The number of aryl methyl sites for hydroxylation is 1. The third-order valence-corrected chi connectivity index (χ3v) is 4.17. The molecular weight excluding hydrogens is 347 g/mol. The van der Waals surface area contributed by atoms with Crippen molar-refractivity contribution in [2.75, 3.05) is 10.6 Å². The zero-order valence-electron chi connectivity index (χ0n) is 14.9. The molecule has 2 aromatic carbocycles. The second kappa shape index (κ2) is 7.33. The fourth-order valence-corrected chi connectivity index (χ4v) is 2.96. The Morgan fingerprint density at radius 2 is 1.48 bits per heavy atom. The van der Waals surface area contributed by atoms with E-state index in [-0.39, 0.29) is 11.7 Å². The molecule has 0 aliphatic rings. The normalized spacial score (nSPS) is 10.5. The molecule has 0 fully saturated rings. The van der Waals surface area contributed by atoms with E-state index in [1.54, 1.807) is 42.5 Å². The number of aromatic nitrogens is 1. The van der Waals surface area contributed by atoms with Gasteiger partial charge in [0.1, 0.15) is 5.82 Å². The number of anilines is 2. The fourth-order valence-electron chi connectivity index (χ4n) is 2.96. The number of carbonyl (C=O) groups is 2. The number of halogens is 1. The Labute approximate surface area is 155 Å². The number of primary amides is 1. The van der Waals surface area contributed by atoms with E-state index in [4.69, 9.17) is 5.73 Å². The van der Waals surface area contributed by atoms with E-state index in [0.717, 1.165) is 17.1 Å². The van der Waals surface area contributed by atoms with Crippen LogP contribution in [0, 0.1) is 19.7 Å². The summed E-state index contributed by atoms with van der Waals surface area (Å²) in [6.45, 7) is 3.72. The number of nitrogens with two attached hydrogens (primary N) is 1. The molecule has 6 nitrogen and oxygen atoms in total. The molecule has 0 spiro atoms. The van der Waals surface area contributed by atoms with Crippen LogP contribution in [0.15, 0.2) is 54.6 Å². The van der Waals surface area contributed by atoms with Gasteiger partial charge in [-0.1, -0.05) is 0 Å². The Morgan fingerprint density at radius 1 is 0.926 bits per heavy atom. The van der Waals surface area contributed by atoms with Crippen molar-refractivity contribution in [1.82, 2.24) is 4.57 Å². The van der Waals surface area contributed by atoms with Crippen LogP contribution in [0.1, 0.15) is 21.7 Å². The molecule has 138 valence electrons. The van der Waals surface area contributed by atoms with Gasteiger partial charge in [0.05, 0.1) is 5.56 Å². The summed E-state index contributed by atoms with van der Waals surface area (Å²) in [6.07, 6.45) is 0. The maximum absolute atomic E-state index is 13.2. The van der Waals surface area contributed by atoms with Gasteiger partial charge in [-0.2, -0.15) is 0 Å². The lowest BCUT2D eigenvalue weighted by atomic mass is 10.2. The number of hydrogen-bond acceptors (Lipinski definition) is 2. The minimum absolute atomic E-state index is 0.257. The maximum atomic E-state index is 13.2. The van der Waals surface area contributed by atoms with Gasteiger partial charge in [-0.15, -0.1) is 0 Å². The third-order valence-electron chi connectivity index (χ3n) is 4.17. The second-order valence-corrected chi connectivity index (χ2v) is 6.12. The van der Waals surface area contributed by atoms with Gasteiger partial charge in [0.25, 0.3) is 5.91 Å². The van der Waals surface area contributed by atoms with Crippen LogP contribution < -0.4 is 16.4 Å². The highest BCUT2D eigenvalue weighted by atomic mass is 19.1. The highest BCUT2D eigenvalue weighted by Crippen LogP contribution is 2.22. The Morgan fingerprint density at radius 3 is 2.04 bits per heavy atom. The lowest BCUT2D eigenvalue weighted by Crippen LogP contribution is -2.19. The van der Waals surface area contributed by atoms with E-state index in [2.05, 4.69) is 10.6 Å². The quantitative estimate of drug-likeness (QED) is 0.652. The summed E-state index contributed by atoms with van der Waals surface area (Å²) in [5.41, 5.74) is 9.12. The number of urea groups is 1. The molecule has 3 aromatic rings. The van der Waals surface area contributed by atoms with Crippen LogP contribution in [0.5, 0.6) is 0 Å². The Kier molecular flexibility index (Phi) is 4.94. The van der Waals surface area contributed by atoms with E-state index in [1.165, 1.54) is 12.1 Å². The number of rotatable bonds is 4. The summed E-state index contributed by atoms with van der Waals surface area (Å²) in [5.74, 6) is -0.569. The molecule has 3 rings (SSSR count). The molecule has 0 radical (unpaired) electrons. The van der Waals surface area contributed by atoms with Crippen LogP contribution in [0.25, 0.3) is 5.69 Å². The number of carbonyl (C=O) groups excluding carboxylic acids is 2. The molecule has 7 heteroatoms. The molecule has 1 aromatic heterocycles. The van der Waals surface area contributed by atoms with Crippen LogP contribution in [0.3, 0.4) is 0 Å². The van der Waals surface area contributed by atoms with Gasteiger partial charge in [0.15, 0.2) is 0 Å². The summed E-state index contributed by atoms with van der Waals surface area (Å²) < 4.78 is 15.1. The lowest BCUT2D eigenvalue weighted by Gasteiger charge is -2.10. The van der Waals surface area contributed by atoms with Gasteiger partial charge in [0, 0.05) is 28.5 Å². The average Bonchev–Trinajstić information content (AvgIpc) is 2.92. The zero-order valence-corrected chi connectivity index (χ0v) is 14.9. The molecule has 0 unspecified atom stereocenters. The summed E-state index contributed by atoms with van der Waals surface area (Å²) in [5, 5.41) is 5.28.